The highest BCUT2D eigenvalue weighted by atomic mass is 79.9. The van der Waals surface area contributed by atoms with Crippen molar-refractivity contribution in [2.75, 3.05) is 0 Å². The summed E-state index contributed by atoms with van der Waals surface area (Å²) in [6.07, 6.45) is 0. The Morgan fingerprint density at radius 2 is 1.81 bits per heavy atom. The lowest BCUT2D eigenvalue weighted by Crippen LogP contribution is -2.15. The van der Waals surface area contributed by atoms with Crippen LogP contribution in [0, 0.1) is 18.6 Å². The van der Waals surface area contributed by atoms with Crippen LogP contribution in [0.2, 0.25) is 0 Å². The topological polar surface area (TPSA) is 39.2 Å². The molecule has 2 nitrogen and oxygen atoms in total. The van der Waals surface area contributed by atoms with E-state index in [0.717, 1.165) is 15.4 Å². The van der Waals surface area contributed by atoms with E-state index in [4.69, 9.17) is 10.2 Å². The van der Waals surface area contributed by atoms with Gasteiger partial charge in [0.2, 0.25) is 0 Å². The van der Waals surface area contributed by atoms with Gasteiger partial charge in [0.1, 0.15) is 23.0 Å². The van der Waals surface area contributed by atoms with Gasteiger partial charge in [-0.3, -0.25) is 0 Å². The Morgan fingerprint density at radius 1 is 1.14 bits per heavy atom. The van der Waals surface area contributed by atoms with Crippen LogP contribution in [-0.4, -0.2) is 0 Å². The predicted octanol–water partition coefficient (Wildman–Crippen LogP) is 4.83. The second-order valence-electron chi connectivity index (χ2n) is 4.84. The van der Waals surface area contributed by atoms with Crippen molar-refractivity contribution in [2.45, 2.75) is 13.0 Å². The molecule has 3 aromatic rings. The summed E-state index contributed by atoms with van der Waals surface area (Å²) in [5, 5.41) is 0.875. The quantitative estimate of drug-likeness (QED) is 0.718. The minimum Gasteiger partial charge on any atom is -0.459 e. The monoisotopic (exact) mass is 351 g/mol. The molecule has 0 saturated carbocycles. The molecule has 1 atom stereocenters. The normalized spacial score (nSPS) is 12.8. The van der Waals surface area contributed by atoms with Crippen molar-refractivity contribution in [1.82, 2.24) is 0 Å². The van der Waals surface area contributed by atoms with Crippen LogP contribution in [0.3, 0.4) is 0 Å². The van der Waals surface area contributed by atoms with Gasteiger partial charge in [-0.25, -0.2) is 8.78 Å². The molecule has 21 heavy (non-hydrogen) atoms. The van der Waals surface area contributed by atoms with E-state index in [0.29, 0.717) is 11.3 Å². The first-order valence-corrected chi connectivity index (χ1v) is 7.16. The summed E-state index contributed by atoms with van der Waals surface area (Å²) in [4.78, 5) is 0. The van der Waals surface area contributed by atoms with Gasteiger partial charge in [0.25, 0.3) is 0 Å². The number of hydrogen-bond donors (Lipinski definition) is 1. The SMILES string of the molecule is Cc1c(C(N)c2c(F)cccc2F)oc2cc(Br)ccc12. The van der Waals surface area contributed by atoms with E-state index in [1.165, 1.54) is 18.2 Å². The van der Waals surface area contributed by atoms with Crippen LogP contribution in [0.4, 0.5) is 8.78 Å². The third-order valence-corrected chi connectivity index (χ3v) is 4.02. The summed E-state index contributed by atoms with van der Waals surface area (Å²) >= 11 is 3.36. The van der Waals surface area contributed by atoms with E-state index in [9.17, 15) is 8.78 Å². The lowest BCUT2D eigenvalue weighted by atomic mass is 10.0. The Balaban J connectivity index is 2.18. The van der Waals surface area contributed by atoms with E-state index in [1.807, 2.05) is 19.1 Å². The summed E-state index contributed by atoms with van der Waals surface area (Å²) in [6.45, 7) is 1.83. The molecule has 108 valence electrons. The fourth-order valence-corrected chi connectivity index (χ4v) is 2.79. The van der Waals surface area contributed by atoms with Crippen LogP contribution in [0.15, 0.2) is 45.3 Å². The molecule has 1 unspecified atom stereocenters. The number of furan rings is 1. The number of fused-ring (bicyclic) bond motifs is 1. The Bertz CT molecular complexity index is 808. The fourth-order valence-electron chi connectivity index (χ4n) is 2.45. The number of aryl methyl sites for hydroxylation is 1. The molecule has 1 aromatic heterocycles. The van der Waals surface area contributed by atoms with Crippen LogP contribution in [0.1, 0.15) is 22.9 Å². The number of rotatable bonds is 2. The Labute approximate surface area is 128 Å². The highest BCUT2D eigenvalue weighted by Gasteiger charge is 2.24. The highest BCUT2D eigenvalue weighted by Crippen LogP contribution is 2.34. The Morgan fingerprint density at radius 3 is 2.48 bits per heavy atom. The van der Waals surface area contributed by atoms with Gasteiger partial charge in [0.05, 0.1) is 6.04 Å². The maximum Gasteiger partial charge on any atom is 0.135 e. The van der Waals surface area contributed by atoms with Crippen LogP contribution in [0.25, 0.3) is 11.0 Å². The third kappa shape index (κ3) is 2.36. The molecule has 0 bridgehead atoms. The summed E-state index contributed by atoms with van der Waals surface area (Å²) in [5.74, 6) is -0.987. The van der Waals surface area contributed by atoms with Gasteiger partial charge in [-0.2, -0.15) is 0 Å². The van der Waals surface area contributed by atoms with Gasteiger partial charge in [-0.15, -0.1) is 0 Å². The van der Waals surface area contributed by atoms with Crippen molar-refractivity contribution in [1.29, 1.82) is 0 Å². The number of nitrogens with two attached hydrogens (primary N) is 1. The molecule has 5 heteroatoms. The lowest BCUT2D eigenvalue weighted by molar-refractivity contribution is 0.485. The predicted molar refractivity (Wildman–Crippen MR) is 81.0 cm³/mol. The van der Waals surface area contributed by atoms with Gasteiger partial charge in [-0.05, 0) is 37.3 Å². The van der Waals surface area contributed by atoms with Gasteiger partial charge >= 0.3 is 0 Å². The van der Waals surface area contributed by atoms with Crippen LogP contribution < -0.4 is 5.73 Å². The molecule has 0 aliphatic carbocycles. The first-order chi connectivity index (χ1) is 9.99. The van der Waals surface area contributed by atoms with Crippen molar-refractivity contribution in [2.24, 2.45) is 5.73 Å². The second-order valence-corrected chi connectivity index (χ2v) is 5.76. The van der Waals surface area contributed by atoms with Crippen molar-refractivity contribution in [3.63, 3.8) is 0 Å². The van der Waals surface area contributed by atoms with Gasteiger partial charge in [-0.1, -0.05) is 22.0 Å². The number of benzene rings is 2. The molecule has 1 heterocycles. The second kappa shape index (κ2) is 5.24. The first kappa shape index (κ1) is 14.2. The summed E-state index contributed by atoms with van der Waals surface area (Å²) < 4.78 is 34.3. The molecule has 0 saturated heterocycles. The van der Waals surface area contributed by atoms with Crippen molar-refractivity contribution in [3.8, 4) is 0 Å². The molecule has 0 radical (unpaired) electrons. The average Bonchev–Trinajstić information content (AvgIpc) is 2.75. The minimum atomic E-state index is -0.989. The summed E-state index contributed by atoms with van der Waals surface area (Å²) in [6, 6.07) is 8.26. The molecule has 0 amide bonds. The number of halogens is 3. The summed E-state index contributed by atoms with van der Waals surface area (Å²) in [5.41, 5.74) is 7.27. The largest absolute Gasteiger partial charge is 0.459 e. The van der Waals surface area contributed by atoms with Crippen molar-refractivity contribution >= 4 is 26.9 Å². The molecule has 2 N–H and O–H groups in total. The molecule has 0 aliphatic rings. The Hall–Kier alpha value is -1.72. The minimum absolute atomic E-state index is 0.182. The first-order valence-electron chi connectivity index (χ1n) is 6.37. The van der Waals surface area contributed by atoms with Gasteiger partial charge in [0, 0.05) is 21.0 Å². The lowest BCUT2D eigenvalue weighted by Gasteiger charge is -2.12. The highest BCUT2D eigenvalue weighted by molar-refractivity contribution is 9.10. The summed E-state index contributed by atoms with van der Waals surface area (Å²) in [7, 11) is 0. The average molecular weight is 352 g/mol. The molecular weight excluding hydrogens is 340 g/mol. The van der Waals surface area contributed by atoms with Crippen LogP contribution >= 0.6 is 15.9 Å². The molecule has 3 rings (SSSR count). The standard InChI is InChI=1S/C16H12BrF2NO/c1-8-10-6-5-9(17)7-13(10)21-16(8)15(20)14-11(18)3-2-4-12(14)19/h2-7,15H,20H2,1H3. The Kier molecular flexibility index (Phi) is 3.55. The zero-order chi connectivity index (χ0) is 15.1. The fraction of sp³-hybridized carbons (Fsp3) is 0.125. The molecular formula is C16H12BrF2NO. The zero-order valence-corrected chi connectivity index (χ0v) is 12.7. The third-order valence-electron chi connectivity index (χ3n) is 3.53. The maximum atomic E-state index is 13.9. The number of hydrogen-bond acceptors (Lipinski definition) is 2. The van der Waals surface area contributed by atoms with Crippen LogP contribution in [0.5, 0.6) is 0 Å². The molecule has 0 spiro atoms. The van der Waals surface area contributed by atoms with E-state index < -0.39 is 17.7 Å². The molecule has 2 aromatic carbocycles. The zero-order valence-electron chi connectivity index (χ0n) is 11.2. The van der Waals surface area contributed by atoms with Gasteiger partial charge in [0.15, 0.2) is 0 Å². The van der Waals surface area contributed by atoms with Crippen LogP contribution in [-0.2, 0) is 0 Å². The van der Waals surface area contributed by atoms with E-state index in [-0.39, 0.29) is 5.56 Å². The van der Waals surface area contributed by atoms with Crippen molar-refractivity contribution in [3.05, 3.63) is 69.4 Å². The molecule has 0 aliphatic heterocycles. The van der Waals surface area contributed by atoms with Gasteiger partial charge < -0.3 is 10.2 Å². The van der Waals surface area contributed by atoms with Crippen molar-refractivity contribution < 1.29 is 13.2 Å². The van der Waals surface area contributed by atoms with E-state index in [2.05, 4.69) is 15.9 Å². The smallest absolute Gasteiger partial charge is 0.135 e. The van der Waals surface area contributed by atoms with E-state index >= 15 is 0 Å². The maximum absolute atomic E-state index is 13.9. The van der Waals surface area contributed by atoms with E-state index in [1.54, 1.807) is 6.07 Å². The molecule has 0 fully saturated rings.